The van der Waals surface area contributed by atoms with Gasteiger partial charge in [0.1, 0.15) is 5.69 Å². The van der Waals surface area contributed by atoms with Crippen LogP contribution in [0.4, 0.5) is 0 Å². The third kappa shape index (κ3) is 2.98. The maximum atomic E-state index is 12.8. The molecule has 0 radical (unpaired) electrons. The predicted octanol–water partition coefficient (Wildman–Crippen LogP) is 3.45. The first-order valence-electron chi connectivity index (χ1n) is 8.32. The number of pyridine rings is 1. The van der Waals surface area contributed by atoms with Crippen molar-refractivity contribution in [3.8, 4) is 0 Å². The Morgan fingerprint density at radius 1 is 1.26 bits per heavy atom. The number of aromatic nitrogens is 1. The first-order chi connectivity index (χ1) is 11.1. The summed E-state index contributed by atoms with van der Waals surface area (Å²) in [6.45, 7) is 4.59. The van der Waals surface area contributed by atoms with Crippen molar-refractivity contribution in [2.45, 2.75) is 39.2 Å². The van der Waals surface area contributed by atoms with Crippen LogP contribution in [0.25, 0.3) is 10.9 Å². The second kappa shape index (κ2) is 6.49. The van der Waals surface area contributed by atoms with E-state index < -0.39 is 0 Å². The molecule has 2 heterocycles. The molecule has 0 saturated carbocycles. The third-order valence-corrected chi connectivity index (χ3v) is 4.76. The van der Waals surface area contributed by atoms with Crippen LogP contribution in [0.1, 0.15) is 43.6 Å². The molecule has 0 bridgehead atoms. The zero-order chi connectivity index (χ0) is 16.4. The monoisotopic (exact) mass is 310 g/mol. The minimum atomic E-state index is -0.286. The van der Waals surface area contributed by atoms with Crippen LogP contribution in [0.2, 0.25) is 0 Å². The van der Waals surface area contributed by atoms with Crippen molar-refractivity contribution >= 4 is 22.6 Å². The molecule has 1 aromatic heterocycles. The van der Waals surface area contributed by atoms with Crippen molar-refractivity contribution in [2.75, 3.05) is 6.54 Å². The molecule has 1 aromatic carbocycles. The number of carbonyl (C=O) groups is 2. The van der Waals surface area contributed by atoms with Gasteiger partial charge in [0.2, 0.25) is 0 Å². The summed E-state index contributed by atoms with van der Waals surface area (Å²) in [5.41, 5.74) is 1.23. The Hall–Kier alpha value is -2.23. The number of fused-ring (bicyclic) bond motifs is 1. The molecule has 1 aliphatic heterocycles. The van der Waals surface area contributed by atoms with Gasteiger partial charge >= 0.3 is 0 Å². The van der Waals surface area contributed by atoms with Crippen molar-refractivity contribution in [1.29, 1.82) is 0 Å². The quantitative estimate of drug-likeness (QED) is 0.869. The molecule has 1 amide bonds. The van der Waals surface area contributed by atoms with Gasteiger partial charge in [0, 0.05) is 17.8 Å². The standard InChI is InChI=1S/C19H22N2O2/c1-3-13(2)18(22)17-9-6-12-21(17)19(23)16-11-10-14-7-4-5-8-15(14)20-16/h4-5,7-8,10-11,13,17H,3,6,9,12H2,1-2H3/t13?,17-/m0/s1. The van der Waals surface area contributed by atoms with Gasteiger partial charge in [-0.1, -0.05) is 38.1 Å². The highest BCUT2D eigenvalue weighted by Gasteiger charge is 2.36. The van der Waals surface area contributed by atoms with Crippen molar-refractivity contribution in [3.63, 3.8) is 0 Å². The molecule has 23 heavy (non-hydrogen) atoms. The van der Waals surface area contributed by atoms with Gasteiger partial charge in [-0.15, -0.1) is 0 Å². The SMILES string of the molecule is CCC(C)C(=O)[C@@H]1CCCN1C(=O)c1ccc2ccccc2n1. The molecule has 1 saturated heterocycles. The average molecular weight is 310 g/mol. The summed E-state index contributed by atoms with van der Waals surface area (Å²) in [6.07, 6.45) is 2.46. The topological polar surface area (TPSA) is 50.3 Å². The van der Waals surface area contributed by atoms with Crippen LogP contribution < -0.4 is 0 Å². The minimum absolute atomic E-state index is 0.00189. The molecule has 3 rings (SSSR count). The maximum absolute atomic E-state index is 12.8. The molecule has 1 unspecified atom stereocenters. The lowest BCUT2D eigenvalue weighted by molar-refractivity contribution is -0.126. The van der Waals surface area contributed by atoms with Crippen LogP contribution in [-0.4, -0.2) is 34.2 Å². The fourth-order valence-electron chi connectivity index (χ4n) is 3.17. The average Bonchev–Trinajstić information content (AvgIpc) is 3.08. The Morgan fingerprint density at radius 2 is 2.04 bits per heavy atom. The van der Waals surface area contributed by atoms with E-state index in [0.717, 1.165) is 30.2 Å². The minimum Gasteiger partial charge on any atom is -0.327 e. The van der Waals surface area contributed by atoms with Gasteiger partial charge in [-0.25, -0.2) is 4.98 Å². The van der Waals surface area contributed by atoms with Gasteiger partial charge in [-0.05, 0) is 31.4 Å². The molecular formula is C19H22N2O2. The van der Waals surface area contributed by atoms with Crippen molar-refractivity contribution in [2.24, 2.45) is 5.92 Å². The summed E-state index contributed by atoms with van der Waals surface area (Å²) in [5, 5.41) is 1.01. The molecule has 1 fully saturated rings. The van der Waals surface area contributed by atoms with E-state index in [1.165, 1.54) is 0 Å². The van der Waals surface area contributed by atoms with Gasteiger partial charge in [0.25, 0.3) is 5.91 Å². The van der Waals surface area contributed by atoms with Crippen LogP contribution in [-0.2, 0) is 4.79 Å². The number of Topliss-reactive ketones (excluding diaryl/α,β-unsaturated/α-hetero) is 1. The first kappa shape index (κ1) is 15.7. The van der Waals surface area contributed by atoms with Crippen molar-refractivity contribution < 1.29 is 9.59 Å². The fraction of sp³-hybridized carbons (Fsp3) is 0.421. The van der Waals surface area contributed by atoms with E-state index in [2.05, 4.69) is 4.98 Å². The van der Waals surface area contributed by atoms with E-state index in [1.54, 1.807) is 11.0 Å². The highest BCUT2D eigenvalue weighted by molar-refractivity contribution is 5.99. The third-order valence-electron chi connectivity index (χ3n) is 4.76. The number of benzene rings is 1. The van der Waals surface area contributed by atoms with Crippen LogP contribution in [0.3, 0.4) is 0 Å². The lowest BCUT2D eigenvalue weighted by atomic mass is 9.96. The van der Waals surface area contributed by atoms with Crippen molar-refractivity contribution in [3.05, 3.63) is 42.1 Å². The Morgan fingerprint density at radius 3 is 2.83 bits per heavy atom. The van der Waals surface area contributed by atoms with E-state index in [1.807, 2.05) is 44.2 Å². The Labute approximate surface area is 136 Å². The molecule has 0 spiro atoms. The zero-order valence-electron chi connectivity index (χ0n) is 13.7. The number of hydrogen-bond donors (Lipinski definition) is 0. The lowest BCUT2D eigenvalue weighted by Crippen LogP contribution is -2.42. The highest BCUT2D eigenvalue weighted by atomic mass is 16.2. The molecular weight excluding hydrogens is 288 g/mol. The second-order valence-electron chi connectivity index (χ2n) is 6.26. The van der Waals surface area contributed by atoms with Crippen LogP contribution in [0, 0.1) is 5.92 Å². The number of para-hydroxylation sites is 1. The van der Waals surface area contributed by atoms with E-state index in [9.17, 15) is 9.59 Å². The smallest absolute Gasteiger partial charge is 0.273 e. The number of ketones is 1. The van der Waals surface area contributed by atoms with Crippen LogP contribution in [0.5, 0.6) is 0 Å². The van der Waals surface area contributed by atoms with Gasteiger partial charge in [-0.3, -0.25) is 9.59 Å². The number of likely N-dealkylation sites (tertiary alicyclic amines) is 1. The van der Waals surface area contributed by atoms with Gasteiger partial charge in [-0.2, -0.15) is 0 Å². The summed E-state index contributed by atoms with van der Waals surface area (Å²) in [6, 6.07) is 11.1. The first-order valence-corrected chi connectivity index (χ1v) is 8.32. The maximum Gasteiger partial charge on any atom is 0.273 e. The Bertz CT molecular complexity index is 741. The molecule has 120 valence electrons. The predicted molar refractivity (Wildman–Crippen MR) is 90.3 cm³/mol. The van der Waals surface area contributed by atoms with Gasteiger partial charge < -0.3 is 4.90 Å². The molecule has 4 heteroatoms. The number of nitrogens with zero attached hydrogens (tertiary/aromatic N) is 2. The number of rotatable bonds is 4. The summed E-state index contributed by atoms with van der Waals surface area (Å²) in [4.78, 5) is 31.5. The number of carbonyl (C=O) groups excluding carboxylic acids is 2. The second-order valence-corrected chi connectivity index (χ2v) is 6.26. The van der Waals surface area contributed by atoms with Crippen molar-refractivity contribution in [1.82, 2.24) is 9.88 Å². The summed E-state index contributed by atoms with van der Waals surface area (Å²) < 4.78 is 0. The highest BCUT2D eigenvalue weighted by Crippen LogP contribution is 2.24. The van der Waals surface area contributed by atoms with Gasteiger partial charge in [0.05, 0.1) is 11.6 Å². The van der Waals surface area contributed by atoms with Gasteiger partial charge in [0.15, 0.2) is 5.78 Å². The molecule has 0 aliphatic carbocycles. The molecule has 2 aromatic rings. The lowest BCUT2D eigenvalue weighted by Gasteiger charge is -2.25. The van der Waals surface area contributed by atoms with Crippen LogP contribution in [0.15, 0.2) is 36.4 Å². The summed E-state index contributed by atoms with van der Waals surface area (Å²) in [5.74, 6) is 0.0482. The molecule has 2 atom stereocenters. The summed E-state index contributed by atoms with van der Waals surface area (Å²) >= 11 is 0. The number of hydrogen-bond acceptors (Lipinski definition) is 3. The Kier molecular flexibility index (Phi) is 4.42. The number of amides is 1. The fourth-order valence-corrected chi connectivity index (χ4v) is 3.17. The van der Waals surface area contributed by atoms with Crippen LogP contribution >= 0.6 is 0 Å². The largest absolute Gasteiger partial charge is 0.327 e. The van der Waals surface area contributed by atoms with E-state index >= 15 is 0 Å². The molecule has 1 aliphatic rings. The van der Waals surface area contributed by atoms with E-state index in [0.29, 0.717) is 12.2 Å². The Balaban J connectivity index is 1.87. The normalized spacial score (nSPS) is 19.0. The summed E-state index contributed by atoms with van der Waals surface area (Å²) in [7, 11) is 0. The van der Waals surface area contributed by atoms with E-state index in [-0.39, 0.29) is 23.7 Å². The zero-order valence-corrected chi connectivity index (χ0v) is 13.7. The molecule has 4 nitrogen and oxygen atoms in total. The van der Waals surface area contributed by atoms with E-state index in [4.69, 9.17) is 0 Å². The molecule has 0 N–H and O–H groups in total.